The lowest BCUT2D eigenvalue weighted by Gasteiger charge is -2.50. The van der Waals surface area contributed by atoms with Gasteiger partial charge in [-0.2, -0.15) is 0 Å². The second kappa shape index (κ2) is 6.12. The number of ether oxygens (including phenoxy) is 2. The van der Waals surface area contributed by atoms with Crippen LogP contribution in [0.5, 0.6) is 5.75 Å². The lowest BCUT2D eigenvalue weighted by atomic mass is 9.79. The highest BCUT2D eigenvalue weighted by Gasteiger charge is 2.53. The maximum absolute atomic E-state index is 6.08. The molecule has 2 aliphatic rings. The lowest BCUT2D eigenvalue weighted by molar-refractivity contribution is -0.0481. The van der Waals surface area contributed by atoms with E-state index in [4.69, 9.17) is 9.47 Å². The Morgan fingerprint density at radius 2 is 2.09 bits per heavy atom. The predicted octanol–water partition coefficient (Wildman–Crippen LogP) is 1.94. The zero-order chi connectivity index (χ0) is 15.5. The van der Waals surface area contributed by atoms with Crippen LogP contribution in [0, 0.1) is 5.92 Å². The van der Waals surface area contributed by atoms with Crippen molar-refractivity contribution in [3.8, 4) is 5.75 Å². The number of rotatable bonds is 5. The molecule has 6 heteroatoms. The first-order valence-electron chi connectivity index (χ1n) is 8.04. The number of hydrogen-bond donors (Lipinski definition) is 0. The number of anilines is 1. The topological polar surface area (TPSA) is 60.4 Å². The minimum atomic E-state index is -0.0441. The molecule has 0 bridgehead atoms. The molecule has 0 amide bonds. The summed E-state index contributed by atoms with van der Waals surface area (Å²) in [5.74, 6) is 2.14. The minimum absolute atomic E-state index is 0.0441. The molecule has 2 aliphatic heterocycles. The van der Waals surface area contributed by atoms with E-state index in [1.165, 1.54) is 0 Å². The molecule has 2 saturated heterocycles. The van der Waals surface area contributed by atoms with Gasteiger partial charge in [-0.1, -0.05) is 0 Å². The monoisotopic (exact) mass is 312 g/mol. The molecule has 0 unspecified atom stereocenters. The predicted molar refractivity (Wildman–Crippen MR) is 85.4 cm³/mol. The summed E-state index contributed by atoms with van der Waals surface area (Å²) in [6.07, 6.45) is 9.16. The molecule has 4 heterocycles. The highest BCUT2D eigenvalue weighted by Crippen LogP contribution is 2.42. The maximum Gasteiger partial charge on any atom is 0.225 e. The molecule has 0 aliphatic carbocycles. The van der Waals surface area contributed by atoms with Crippen LogP contribution in [0.15, 0.2) is 43.0 Å². The van der Waals surface area contributed by atoms with Crippen molar-refractivity contribution in [3.63, 3.8) is 0 Å². The van der Waals surface area contributed by atoms with Crippen molar-refractivity contribution < 1.29 is 9.47 Å². The van der Waals surface area contributed by atoms with E-state index in [9.17, 15) is 0 Å². The fourth-order valence-electron chi connectivity index (χ4n) is 3.49. The van der Waals surface area contributed by atoms with Gasteiger partial charge in [0.05, 0.1) is 25.9 Å². The Bertz CT molecular complexity index is 632. The van der Waals surface area contributed by atoms with Gasteiger partial charge in [0.2, 0.25) is 5.95 Å². The van der Waals surface area contributed by atoms with Gasteiger partial charge in [0.25, 0.3) is 0 Å². The average molecular weight is 312 g/mol. The summed E-state index contributed by atoms with van der Waals surface area (Å²) in [5.41, 5.74) is -0.0441. The Labute approximate surface area is 135 Å². The molecule has 6 nitrogen and oxygen atoms in total. The average Bonchev–Trinajstić information content (AvgIpc) is 2.99. The highest BCUT2D eigenvalue weighted by molar-refractivity contribution is 5.37. The first-order chi connectivity index (χ1) is 11.4. The van der Waals surface area contributed by atoms with Crippen molar-refractivity contribution in [2.75, 3.05) is 31.2 Å². The highest BCUT2D eigenvalue weighted by atomic mass is 16.5. The maximum atomic E-state index is 6.08. The SMILES string of the molecule is c1cnc(N2CC3(C2)OCC[C@H]3CCOc2cccnc2)nc1. The molecular weight excluding hydrogens is 292 g/mol. The van der Waals surface area contributed by atoms with Gasteiger partial charge >= 0.3 is 0 Å². The van der Waals surface area contributed by atoms with E-state index >= 15 is 0 Å². The fraction of sp³-hybridized carbons (Fsp3) is 0.471. The third-order valence-electron chi connectivity index (χ3n) is 4.72. The van der Waals surface area contributed by atoms with Gasteiger partial charge in [-0.05, 0) is 37.0 Å². The van der Waals surface area contributed by atoms with Crippen LogP contribution in [-0.2, 0) is 4.74 Å². The molecule has 1 atom stereocenters. The Morgan fingerprint density at radius 3 is 2.87 bits per heavy atom. The van der Waals surface area contributed by atoms with Crippen molar-refractivity contribution in [3.05, 3.63) is 43.0 Å². The Balaban J connectivity index is 1.31. The van der Waals surface area contributed by atoms with Crippen molar-refractivity contribution in [1.82, 2.24) is 15.0 Å². The van der Waals surface area contributed by atoms with Crippen LogP contribution in [0.25, 0.3) is 0 Å². The Kier molecular flexibility index (Phi) is 3.83. The summed E-state index contributed by atoms with van der Waals surface area (Å²) in [7, 11) is 0. The van der Waals surface area contributed by atoms with Crippen LogP contribution < -0.4 is 9.64 Å². The standard InChI is InChI=1S/C17H20N4O2/c1-3-15(11-18-6-1)22-9-4-14-5-10-23-17(14)12-21(13-17)16-19-7-2-8-20-16/h1-3,6-8,11,14H,4-5,9-10,12-13H2/t14-/m1/s1. The molecule has 0 saturated carbocycles. The van der Waals surface area contributed by atoms with Crippen LogP contribution in [0.3, 0.4) is 0 Å². The molecular formula is C17H20N4O2. The molecule has 4 rings (SSSR count). The molecule has 0 aromatic carbocycles. The number of nitrogens with zero attached hydrogens (tertiary/aromatic N) is 4. The first kappa shape index (κ1) is 14.4. The quantitative estimate of drug-likeness (QED) is 0.841. The van der Waals surface area contributed by atoms with E-state index in [2.05, 4.69) is 19.9 Å². The summed E-state index contributed by atoms with van der Waals surface area (Å²) >= 11 is 0. The van der Waals surface area contributed by atoms with Gasteiger partial charge in [0, 0.05) is 25.2 Å². The Morgan fingerprint density at radius 1 is 1.22 bits per heavy atom. The van der Waals surface area contributed by atoms with Crippen LogP contribution in [0.1, 0.15) is 12.8 Å². The fourth-order valence-corrected chi connectivity index (χ4v) is 3.49. The van der Waals surface area contributed by atoms with Gasteiger partial charge < -0.3 is 14.4 Å². The molecule has 0 radical (unpaired) electrons. The van der Waals surface area contributed by atoms with Gasteiger partial charge in [0.1, 0.15) is 11.4 Å². The van der Waals surface area contributed by atoms with E-state index in [-0.39, 0.29) is 5.60 Å². The molecule has 23 heavy (non-hydrogen) atoms. The zero-order valence-corrected chi connectivity index (χ0v) is 13.0. The second-order valence-electron chi connectivity index (χ2n) is 6.13. The second-order valence-corrected chi connectivity index (χ2v) is 6.13. The summed E-state index contributed by atoms with van der Waals surface area (Å²) < 4.78 is 11.9. The molecule has 2 fully saturated rings. The third kappa shape index (κ3) is 2.86. The molecule has 2 aromatic heterocycles. The van der Waals surface area contributed by atoms with E-state index in [0.29, 0.717) is 12.5 Å². The van der Waals surface area contributed by atoms with E-state index in [1.807, 2.05) is 18.2 Å². The first-order valence-corrected chi connectivity index (χ1v) is 8.04. The largest absolute Gasteiger partial charge is 0.492 e. The van der Waals surface area contributed by atoms with Gasteiger partial charge in [-0.3, -0.25) is 4.98 Å². The summed E-state index contributed by atoms with van der Waals surface area (Å²) in [6, 6.07) is 5.66. The van der Waals surface area contributed by atoms with Gasteiger partial charge in [-0.15, -0.1) is 0 Å². The number of pyridine rings is 1. The van der Waals surface area contributed by atoms with Crippen molar-refractivity contribution in [2.45, 2.75) is 18.4 Å². The lowest BCUT2D eigenvalue weighted by Crippen LogP contribution is -2.65. The molecule has 0 N–H and O–H groups in total. The van der Waals surface area contributed by atoms with Crippen molar-refractivity contribution >= 4 is 5.95 Å². The third-order valence-corrected chi connectivity index (χ3v) is 4.72. The normalized spacial score (nSPS) is 22.1. The van der Waals surface area contributed by atoms with Crippen LogP contribution >= 0.6 is 0 Å². The smallest absolute Gasteiger partial charge is 0.225 e. The van der Waals surface area contributed by atoms with Gasteiger partial charge in [0.15, 0.2) is 0 Å². The Hall–Kier alpha value is -2.21. The van der Waals surface area contributed by atoms with Crippen molar-refractivity contribution in [1.29, 1.82) is 0 Å². The molecule has 1 spiro atoms. The van der Waals surface area contributed by atoms with E-state index < -0.39 is 0 Å². The zero-order valence-electron chi connectivity index (χ0n) is 13.0. The van der Waals surface area contributed by atoms with Crippen LogP contribution in [0.2, 0.25) is 0 Å². The summed E-state index contributed by atoms with van der Waals surface area (Å²) in [5, 5.41) is 0. The van der Waals surface area contributed by atoms with E-state index in [1.54, 1.807) is 24.8 Å². The number of aromatic nitrogens is 3. The molecule has 2 aromatic rings. The van der Waals surface area contributed by atoms with Crippen LogP contribution in [-0.4, -0.2) is 46.9 Å². The van der Waals surface area contributed by atoms with Crippen molar-refractivity contribution in [2.24, 2.45) is 5.92 Å². The minimum Gasteiger partial charge on any atom is -0.492 e. The van der Waals surface area contributed by atoms with E-state index in [0.717, 1.165) is 44.2 Å². The molecule has 120 valence electrons. The van der Waals surface area contributed by atoms with Crippen LogP contribution in [0.4, 0.5) is 5.95 Å². The summed E-state index contributed by atoms with van der Waals surface area (Å²) in [4.78, 5) is 14.9. The van der Waals surface area contributed by atoms with Gasteiger partial charge in [-0.25, -0.2) is 9.97 Å². The number of hydrogen-bond acceptors (Lipinski definition) is 6. The summed E-state index contributed by atoms with van der Waals surface area (Å²) in [6.45, 7) is 3.27.